The number of piperidine rings is 1. The van der Waals surface area contributed by atoms with Crippen molar-refractivity contribution < 1.29 is 14.3 Å². The monoisotopic (exact) mass is 385 g/mol. The average Bonchev–Trinajstić information content (AvgIpc) is 3.22. The van der Waals surface area contributed by atoms with Gasteiger partial charge in [-0.1, -0.05) is 25.1 Å². The maximum atomic E-state index is 12.4. The number of hydrogen-bond acceptors (Lipinski definition) is 6. The van der Waals surface area contributed by atoms with Gasteiger partial charge in [0.25, 0.3) is 0 Å². The largest absolute Gasteiger partial charge is 0.453 e. The lowest BCUT2D eigenvalue weighted by molar-refractivity contribution is -0.118. The van der Waals surface area contributed by atoms with Crippen LogP contribution in [0, 0.1) is 5.92 Å². The van der Waals surface area contributed by atoms with Gasteiger partial charge in [0.1, 0.15) is 6.10 Å². The minimum atomic E-state index is -0.525. The Morgan fingerprint density at radius 2 is 2.11 bits per heavy atom. The lowest BCUT2D eigenvalue weighted by Crippen LogP contribution is -2.32. The van der Waals surface area contributed by atoms with E-state index in [1.165, 1.54) is 24.2 Å². The second kappa shape index (κ2) is 7.78. The van der Waals surface area contributed by atoms with Crippen molar-refractivity contribution in [2.24, 2.45) is 5.92 Å². The number of aromatic nitrogens is 1. The van der Waals surface area contributed by atoms with E-state index in [1.54, 1.807) is 12.1 Å². The zero-order valence-corrected chi connectivity index (χ0v) is 16.1. The summed E-state index contributed by atoms with van der Waals surface area (Å²) in [5.74, 6) is 0.245. The first-order valence-corrected chi connectivity index (χ1v) is 10.2. The summed E-state index contributed by atoms with van der Waals surface area (Å²) in [5.41, 5.74) is 2.31. The standard InChI is InChI=1S/C20H23N3O3S/c1-13-6-8-23(9-7-13)11-14-12-27-20(21-14)22-18(24)10-17-15-4-2-3-5-16(15)19(25)26-17/h2-5,12-13,17H,6-11H2,1H3,(H,21,22,24). The molecule has 2 aromatic rings. The molecule has 1 amide bonds. The Kier molecular flexibility index (Phi) is 5.22. The molecule has 2 aliphatic heterocycles. The van der Waals surface area contributed by atoms with E-state index in [4.69, 9.17) is 4.74 Å². The molecule has 142 valence electrons. The molecular weight excluding hydrogens is 362 g/mol. The minimum absolute atomic E-state index is 0.0989. The van der Waals surface area contributed by atoms with Crippen LogP contribution in [-0.2, 0) is 16.1 Å². The van der Waals surface area contributed by atoms with Crippen molar-refractivity contribution in [3.63, 3.8) is 0 Å². The van der Waals surface area contributed by atoms with E-state index in [0.29, 0.717) is 10.7 Å². The summed E-state index contributed by atoms with van der Waals surface area (Å²) < 4.78 is 5.33. The van der Waals surface area contributed by atoms with Gasteiger partial charge in [0.2, 0.25) is 5.91 Å². The highest BCUT2D eigenvalue weighted by molar-refractivity contribution is 7.13. The molecule has 1 atom stereocenters. The van der Waals surface area contributed by atoms with Crippen LogP contribution >= 0.6 is 11.3 Å². The predicted octanol–water partition coefficient (Wildman–Crippen LogP) is 3.62. The number of cyclic esters (lactones) is 1. The van der Waals surface area contributed by atoms with Gasteiger partial charge in [0.15, 0.2) is 5.13 Å². The Hall–Kier alpha value is -2.25. The van der Waals surface area contributed by atoms with Crippen molar-refractivity contribution in [1.29, 1.82) is 0 Å². The van der Waals surface area contributed by atoms with Gasteiger partial charge in [-0.25, -0.2) is 9.78 Å². The quantitative estimate of drug-likeness (QED) is 0.796. The minimum Gasteiger partial charge on any atom is -0.453 e. The third kappa shape index (κ3) is 4.20. The Morgan fingerprint density at radius 1 is 1.33 bits per heavy atom. The Morgan fingerprint density at radius 3 is 2.93 bits per heavy atom. The van der Waals surface area contributed by atoms with Gasteiger partial charge >= 0.3 is 5.97 Å². The summed E-state index contributed by atoms with van der Waals surface area (Å²) in [6, 6.07) is 7.20. The zero-order chi connectivity index (χ0) is 18.8. The molecule has 3 heterocycles. The second-order valence-corrected chi connectivity index (χ2v) is 8.19. The Labute approximate surface area is 162 Å². The first-order chi connectivity index (χ1) is 13.1. The number of fused-ring (bicyclic) bond motifs is 1. The van der Waals surface area contributed by atoms with Crippen molar-refractivity contribution in [3.05, 3.63) is 46.5 Å². The lowest BCUT2D eigenvalue weighted by atomic mass is 9.99. The number of nitrogens with one attached hydrogen (secondary N) is 1. The SMILES string of the molecule is CC1CCN(Cc2csc(NC(=O)CC3OC(=O)c4ccccc43)n2)CC1. The smallest absolute Gasteiger partial charge is 0.339 e. The normalized spacial score (nSPS) is 20.3. The number of thiazole rings is 1. The molecule has 4 rings (SSSR count). The Bertz CT molecular complexity index is 843. The van der Waals surface area contributed by atoms with Gasteiger partial charge in [-0.15, -0.1) is 11.3 Å². The number of anilines is 1. The van der Waals surface area contributed by atoms with E-state index in [0.717, 1.165) is 36.8 Å². The molecule has 0 spiro atoms. The van der Waals surface area contributed by atoms with Crippen LogP contribution in [0.3, 0.4) is 0 Å². The van der Waals surface area contributed by atoms with Crippen molar-refractivity contribution in [1.82, 2.24) is 9.88 Å². The van der Waals surface area contributed by atoms with Crippen LogP contribution in [0.25, 0.3) is 0 Å². The highest BCUT2D eigenvalue weighted by Crippen LogP contribution is 2.33. The molecule has 0 saturated carbocycles. The molecule has 1 aromatic carbocycles. The molecule has 0 aliphatic carbocycles. The summed E-state index contributed by atoms with van der Waals surface area (Å²) in [6.45, 7) is 5.33. The third-order valence-corrected chi connectivity index (χ3v) is 6.01. The van der Waals surface area contributed by atoms with E-state index < -0.39 is 6.10 Å². The lowest BCUT2D eigenvalue weighted by Gasteiger charge is -2.29. The summed E-state index contributed by atoms with van der Waals surface area (Å²) in [5, 5.41) is 5.43. The fourth-order valence-electron chi connectivity index (χ4n) is 3.60. The molecule has 1 unspecified atom stereocenters. The molecule has 1 N–H and O–H groups in total. The summed E-state index contributed by atoms with van der Waals surface area (Å²) in [7, 11) is 0. The number of ether oxygens (including phenoxy) is 1. The number of nitrogens with zero attached hydrogens (tertiary/aromatic N) is 2. The molecule has 0 radical (unpaired) electrons. The van der Waals surface area contributed by atoms with Crippen LogP contribution in [-0.4, -0.2) is 34.8 Å². The summed E-state index contributed by atoms with van der Waals surface area (Å²) in [4.78, 5) is 31.2. The number of hydrogen-bond donors (Lipinski definition) is 1. The van der Waals surface area contributed by atoms with E-state index in [1.807, 2.05) is 17.5 Å². The highest BCUT2D eigenvalue weighted by Gasteiger charge is 2.32. The fourth-order valence-corrected chi connectivity index (χ4v) is 4.31. The third-order valence-electron chi connectivity index (χ3n) is 5.21. The van der Waals surface area contributed by atoms with Gasteiger partial charge in [0, 0.05) is 17.5 Å². The molecule has 0 bridgehead atoms. The summed E-state index contributed by atoms with van der Waals surface area (Å²) in [6.07, 6.45) is 2.04. The van der Waals surface area contributed by atoms with Crippen LogP contribution in [0.15, 0.2) is 29.6 Å². The number of rotatable bonds is 5. The van der Waals surface area contributed by atoms with Crippen LogP contribution < -0.4 is 5.32 Å². The predicted molar refractivity (Wildman–Crippen MR) is 104 cm³/mol. The molecule has 1 saturated heterocycles. The van der Waals surface area contributed by atoms with Crippen LogP contribution in [0.2, 0.25) is 0 Å². The summed E-state index contributed by atoms with van der Waals surface area (Å²) >= 11 is 1.43. The zero-order valence-electron chi connectivity index (χ0n) is 15.3. The van der Waals surface area contributed by atoms with Crippen LogP contribution in [0.5, 0.6) is 0 Å². The van der Waals surface area contributed by atoms with Gasteiger partial charge in [-0.3, -0.25) is 9.69 Å². The number of carbonyl (C=O) groups excluding carboxylic acids is 2. The maximum Gasteiger partial charge on any atom is 0.339 e. The molecule has 27 heavy (non-hydrogen) atoms. The number of amides is 1. The average molecular weight is 385 g/mol. The van der Waals surface area contributed by atoms with E-state index in [-0.39, 0.29) is 18.3 Å². The van der Waals surface area contributed by atoms with Gasteiger partial charge in [-0.05, 0) is 37.9 Å². The number of benzene rings is 1. The van der Waals surface area contributed by atoms with Crippen molar-refractivity contribution >= 4 is 28.3 Å². The van der Waals surface area contributed by atoms with Crippen molar-refractivity contribution in [2.45, 2.75) is 38.8 Å². The van der Waals surface area contributed by atoms with Gasteiger partial charge in [-0.2, -0.15) is 0 Å². The first-order valence-electron chi connectivity index (χ1n) is 9.35. The number of esters is 1. The van der Waals surface area contributed by atoms with E-state index >= 15 is 0 Å². The second-order valence-electron chi connectivity index (χ2n) is 7.34. The van der Waals surface area contributed by atoms with Gasteiger partial charge in [0.05, 0.1) is 17.7 Å². The molecular formula is C20H23N3O3S. The van der Waals surface area contributed by atoms with Crippen LogP contribution in [0.1, 0.15) is 53.9 Å². The van der Waals surface area contributed by atoms with Crippen molar-refractivity contribution in [3.8, 4) is 0 Å². The molecule has 2 aliphatic rings. The molecule has 1 aromatic heterocycles. The highest BCUT2D eigenvalue weighted by atomic mass is 32.1. The van der Waals surface area contributed by atoms with Crippen LogP contribution in [0.4, 0.5) is 5.13 Å². The first kappa shape index (κ1) is 18.1. The van der Waals surface area contributed by atoms with E-state index in [2.05, 4.69) is 22.1 Å². The van der Waals surface area contributed by atoms with E-state index in [9.17, 15) is 9.59 Å². The molecule has 7 heteroatoms. The topological polar surface area (TPSA) is 71.5 Å². The van der Waals surface area contributed by atoms with Crippen molar-refractivity contribution in [2.75, 3.05) is 18.4 Å². The molecule has 6 nitrogen and oxygen atoms in total. The maximum absolute atomic E-state index is 12.4. The fraction of sp³-hybridized carbons (Fsp3) is 0.450. The molecule has 1 fully saturated rings. The number of carbonyl (C=O) groups is 2. The Balaban J connectivity index is 1.32. The van der Waals surface area contributed by atoms with Gasteiger partial charge < -0.3 is 10.1 Å². The number of likely N-dealkylation sites (tertiary alicyclic amines) is 1.